The zero-order chi connectivity index (χ0) is 22.9. The minimum absolute atomic E-state index is 0.0415. The van der Waals surface area contributed by atoms with Gasteiger partial charge in [-0.2, -0.15) is 0 Å². The van der Waals surface area contributed by atoms with E-state index < -0.39 is 5.97 Å². The molecule has 7 nitrogen and oxygen atoms in total. The Labute approximate surface area is 192 Å². The highest BCUT2D eigenvalue weighted by Gasteiger charge is 2.30. The first-order valence-electron chi connectivity index (χ1n) is 11.3. The van der Waals surface area contributed by atoms with Gasteiger partial charge in [0.1, 0.15) is 5.76 Å². The first-order chi connectivity index (χ1) is 16.0. The quantitative estimate of drug-likeness (QED) is 0.561. The molecule has 2 aliphatic rings. The second kappa shape index (κ2) is 8.83. The summed E-state index contributed by atoms with van der Waals surface area (Å²) in [4.78, 5) is 32.5. The third-order valence-corrected chi connectivity index (χ3v) is 6.10. The molecule has 1 fully saturated rings. The fourth-order valence-electron chi connectivity index (χ4n) is 4.73. The van der Waals surface area contributed by atoms with Crippen LogP contribution in [0.15, 0.2) is 47.1 Å². The topological polar surface area (TPSA) is 81.9 Å². The highest BCUT2D eigenvalue weighted by atomic mass is 16.5. The van der Waals surface area contributed by atoms with Crippen LogP contribution in [-0.4, -0.2) is 53.7 Å². The maximum atomic E-state index is 13.3. The van der Waals surface area contributed by atoms with Crippen LogP contribution in [0.3, 0.4) is 0 Å². The number of hydrogen-bond acceptors (Lipinski definition) is 6. The van der Waals surface area contributed by atoms with E-state index in [2.05, 4.69) is 0 Å². The molecule has 7 heteroatoms. The summed E-state index contributed by atoms with van der Waals surface area (Å²) in [5, 5.41) is 0.738. The van der Waals surface area contributed by atoms with Crippen LogP contribution in [0, 0.1) is 0 Å². The van der Waals surface area contributed by atoms with Gasteiger partial charge in [0.2, 0.25) is 0 Å². The normalized spacial score (nSPS) is 21.4. The highest BCUT2D eigenvalue weighted by Crippen LogP contribution is 2.37. The van der Waals surface area contributed by atoms with Crippen LogP contribution in [0.4, 0.5) is 0 Å². The molecular weight excluding hydrogens is 420 g/mol. The van der Waals surface area contributed by atoms with Crippen LogP contribution < -0.4 is 0 Å². The van der Waals surface area contributed by atoms with E-state index in [4.69, 9.17) is 18.9 Å². The van der Waals surface area contributed by atoms with Gasteiger partial charge in [-0.25, -0.2) is 9.78 Å². The number of carbonyl (C=O) groups is 2. The molecule has 5 rings (SSSR count). The molecule has 2 unspecified atom stereocenters. The molecule has 0 spiro atoms. The van der Waals surface area contributed by atoms with E-state index >= 15 is 0 Å². The number of morpholine rings is 1. The lowest BCUT2D eigenvalue weighted by Gasteiger charge is -2.35. The Hall–Kier alpha value is -3.45. The van der Waals surface area contributed by atoms with Crippen LogP contribution >= 0.6 is 0 Å². The van der Waals surface area contributed by atoms with Crippen molar-refractivity contribution in [1.29, 1.82) is 0 Å². The molecule has 1 aliphatic heterocycles. The summed E-state index contributed by atoms with van der Waals surface area (Å²) in [5.41, 5.74) is 3.89. The number of esters is 1. The molecule has 1 amide bonds. The molecule has 0 N–H and O–H groups in total. The third-order valence-electron chi connectivity index (χ3n) is 6.10. The average Bonchev–Trinajstić information content (AvgIpc) is 3.45. The van der Waals surface area contributed by atoms with E-state index in [9.17, 15) is 9.59 Å². The molecule has 1 aromatic carbocycles. The molecule has 1 saturated heterocycles. The van der Waals surface area contributed by atoms with Crippen LogP contribution in [0.25, 0.3) is 22.6 Å². The number of aromatic nitrogens is 1. The molecule has 3 aromatic rings. The van der Waals surface area contributed by atoms with Crippen LogP contribution in [0.2, 0.25) is 0 Å². The average molecular weight is 447 g/mol. The Kier molecular flexibility index (Phi) is 5.72. The van der Waals surface area contributed by atoms with Gasteiger partial charge in [0.15, 0.2) is 6.61 Å². The summed E-state index contributed by atoms with van der Waals surface area (Å²) in [6.07, 6.45) is 4.94. The Morgan fingerprint density at radius 1 is 1.12 bits per heavy atom. The molecule has 0 radical (unpaired) electrons. The number of fused-ring (bicyclic) bond motifs is 2. The van der Waals surface area contributed by atoms with Gasteiger partial charge in [-0.3, -0.25) is 4.79 Å². The van der Waals surface area contributed by atoms with Crippen LogP contribution in [0.1, 0.15) is 47.6 Å². The fraction of sp³-hybridized carbons (Fsp3) is 0.346. The van der Waals surface area contributed by atoms with Gasteiger partial charge >= 0.3 is 5.97 Å². The SMILES string of the molecule is CC1CN(C(=O)COC(=O)c2c3c(nc4ccccc24)/C(=C\c2ccco2)CC3)CC(C)O1. The molecule has 170 valence electrons. The molecule has 2 aromatic heterocycles. The van der Waals surface area contributed by atoms with Crippen molar-refractivity contribution in [2.45, 2.75) is 38.9 Å². The van der Waals surface area contributed by atoms with Crippen molar-refractivity contribution in [3.8, 4) is 0 Å². The number of nitrogens with zero attached hydrogens (tertiary/aromatic N) is 2. The molecule has 0 bridgehead atoms. The number of ether oxygens (including phenoxy) is 2. The number of para-hydroxylation sites is 1. The zero-order valence-corrected chi connectivity index (χ0v) is 18.7. The Morgan fingerprint density at radius 3 is 2.67 bits per heavy atom. The first-order valence-corrected chi connectivity index (χ1v) is 11.3. The number of hydrogen-bond donors (Lipinski definition) is 0. The molecule has 33 heavy (non-hydrogen) atoms. The predicted octanol–water partition coefficient (Wildman–Crippen LogP) is 4.11. The third kappa shape index (κ3) is 4.28. The van der Waals surface area contributed by atoms with E-state index in [1.807, 2.05) is 56.3 Å². The fourth-order valence-corrected chi connectivity index (χ4v) is 4.73. The highest BCUT2D eigenvalue weighted by molar-refractivity contribution is 6.07. The van der Waals surface area contributed by atoms with E-state index in [1.54, 1.807) is 11.2 Å². The molecule has 1 aliphatic carbocycles. The van der Waals surface area contributed by atoms with Crippen molar-refractivity contribution in [3.63, 3.8) is 0 Å². The maximum Gasteiger partial charge on any atom is 0.339 e. The summed E-state index contributed by atoms with van der Waals surface area (Å²) in [7, 11) is 0. The van der Waals surface area contributed by atoms with Gasteiger partial charge in [0.05, 0.1) is 35.2 Å². The number of benzene rings is 1. The number of amides is 1. The molecule has 2 atom stereocenters. The Morgan fingerprint density at radius 2 is 1.91 bits per heavy atom. The van der Waals surface area contributed by atoms with E-state index in [1.165, 1.54) is 0 Å². The molecule has 3 heterocycles. The van der Waals surface area contributed by atoms with Gasteiger partial charge in [0.25, 0.3) is 5.91 Å². The lowest BCUT2D eigenvalue weighted by Crippen LogP contribution is -2.49. The number of allylic oxidation sites excluding steroid dienone is 1. The van der Waals surface area contributed by atoms with Crippen molar-refractivity contribution in [1.82, 2.24) is 9.88 Å². The summed E-state index contributed by atoms with van der Waals surface area (Å²) in [6, 6.07) is 11.3. The second-order valence-electron chi connectivity index (χ2n) is 8.65. The Bertz CT molecular complexity index is 1220. The van der Waals surface area contributed by atoms with Gasteiger partial charge < -0.3 is 18.8 Å². The smallest absolute Gasteiger partial charge is 0.339 e. The van der Waals surface area contributed by atoms with Crippen LogP contribution in [0.5, 0.6) is 0 Å². The molecular formula is C26H26N2O5. The number of rotatable bonds is 4. The molecule has 0 saturated carbocycles. The summed E-state index contributed by atoms with van der Waals surface area (Å²) < 4.78 is 16.7. The number of pyridine rings is 1. The largest absolute Gasteiger partial charge is 0.465 e. The van der Waals surface area contributed by atoms with Crippen molar-refractivity contribution in [2.75, 3.05) is 19.7 Å². The van der Waals surface area contributed by atoms with Gasteiger partial charge in [0, 0.05) is 18.5 Å². The van der Waals surface area contributed by atoms with Gasteiger partial charge in [-0.15, -0.1) is 0 Å². The minimum atomic E-state index is -0.494. The lowest BCUT2D eigenvalue weighted by molar-refractivity contribution is -0.146. The van der Waals surface area contributed by atoms with Crippen molar-refractivity contribution in [2.24, 2.45) is 0 Å². The predicted molar refractivity (Wildman–Crippen MR) is 124 cm³/mol. The summed E-state index contributed by atoms with van der Waals surface area (Å²) >= 11 is 0. The monoisotopic (exact) mass is 446 g/mol. The Balaban J connectivity index is 1.43. The van der Waals surface area contributed by atoms with Crippen molar-refractivity contribution < 1.29 is 23.5 Å². The maximum absolute atomic E-state index is 13.3. The number of furan rings is 1. The summed E-state index contributed by atoms with van der Waals surface area (Å²) in [5.74, 6) is 0.0436. The van der Waals surface area contributed by atoms with Crippen LogP contribution in [-0.2, 0) is 20.7 Å². The van der Waals surface area contributed by atoms with Gasteiger partial charge in [-0.1, -0.05) is 18.2 Å². The van der Waals surface area contributed by atoms with Crippen molar-refractivity contribution in [3.05, 3.63) is 65.2 Å². The van der Waals surface area contributed by atoms with Gasteiger partial charge in [-0.05, 0) is 62.1 Å². The standard InChI is InChI=1S/C26H26N2O5/c1-16-13-28(14-17(2)33-16)23(29)15-32-26(30)24-20-7-3-4-8-22(20)27-25-18(9-10-21(24)25)12-19-6-5-11-31-19/h3-8,11-12,16-17H,9-10,13-15H2,1-2H3/b18-12-. The first kappa shape index (κ1) is 21.4. The van der Waals surface area contributed by atoms with Crippen molar-refractivity contribution >= 4 is 34.4 Å². The lowest BCUT2D eigenvalue weighted by atomic mass is 10.0. The minimum Gasteiger partial charge on any atom is -0.465 e. The second-order valence-corrected chi connectivity index (χ2v) is 8.65. The summed E-state index contributed by atoms with van der Waals surface area (Å²) in [6.45, 7) is 4.56. The van der Waals surface area contributed by atoms with E-state index in [0.29, 0.717) is 25.1 Å². The van der Waals surface area contributed by atoms with E-state index in [0.717, 1.165) is 39.9 Å². The zero-order valence-electron chi connectivity index (χ0n) is 18.7. The van der Waals surface area contributed by atoms with E-state index in [-0.39, 0.29) is 24.7 Å². The number of carbonyl (C=O) groups excluding carboxylic acids is 2.